The number of urea groups is 1. The van der Waals surface area contributed by atoms with Crippen molar-refractivity contribution in [3.05, 3.63) is 29.3 Å². The number of halogens is 1. The van der Waals surface area contributed by atoms with Gasteiger partial charge in [0.05, 0.1) is 0 Å². The largest absolute Gasteiger partial charge is 0.338 e. The standard InChI is InChI=1S/C15H22ClN3O/c16-13-5-7-14(8-6-13)18-15(20)17-9-4-12-19-10-2-1-3-11-19/h5-8H,1-4,9-12H2,(H2,17,18,20). The number of nitrogens with zero attached hydrogens (tertiary/aromatic N) is 1. The predicted molar refractivity (Wildman–Crippen MR) is 83.4 cm³/mol. The summed E-state index contributed by atoms with van der Waals surface area (Å²) in [4.78, 5) is 14.2. The van der Waals surface area contributed by atoms with Crippen LogP contribution in [0.1, 0.15) is 25.7 Å². The molecule has 20 heavy (non-hydrogen) atoms. The fourth-order valence-corrected chi connectivity index (χ4v) is 2.52. The van der Waals surface area contributed by atoms with Gasteiger partial charge in [-0.05, 0) is 63.2 Å². The van der Waals surface area contributed by atoms with Crippen LogP contribution in [0.15, 0.2) is 24.3 Å². The van der Waals surface area contributed by atoms with E-state index in [-0.39, 0.29) is 6.03 Å². The zero-order chi connectivity index (χ0) is 14.2. The first-order valence-corrected chi connectivity index (χ1v) is 7.64. The molecule has 2 amide bonds. The summed E-state index contributed by atoms with van der Waals surface area (Å²) in [6.45, 7) is 4.19. The van der Waals surface area contributed by atoms with Gasteiger partial charge in [-0.1, -0.05) is 18.0 Å². The first-order valence-electron chi connectivity index (χ1n) is 7.27. The van der Waals surface area contributed by atoms with Gasteiger partial charge in [-0.2, -0.15) is 0 Å². The van der Waals surface area contributed by atoms with Crippen molar-refractivity contribution in [1.29, 1.82) is 0 Å². The van der Waals surface area contributed by atoms with Crippen LogP contribution >= 0.6 is 11.6 Å². The Morgan fingerprint density at radius 1 is 1.15 bits per heavy atom. The van der Waals surface area contributed by atoms with E-state index in [1.807, 2.05) is 0 Å². The lowest BCUT2D eigenvalue weighted by molar-refractivity contribution is 0.224. The third kappa shape index (κ3) is 5.39. The summed E-state index contributed by atoms with van der Waals surface area (Å²) in [6.07, 6.45) is 4.97. The lowest BCUT2D eigenvalue weighted by atomic mass is 10.1. The molecular weight excluding hydrogens is 274 g/mol. The van der Waals surface area contributed by atoms with Gasteiger partial charge in [-0.15, -0.1) is 0 Å². The summed E-state index contributed by atoms with van der Waals surface area (Å²) in [7, 11) is 0. The lowest BCUT2D eigenvalue weighted by Crippen LogP contribution is -2.34. The number of rotatable bonds is 5. The highest BCUT2D eigenvalue weighted by molar-refractivity contribution is 6.30. The fourth-order valence-electron chi connectivity index (χ4n) is 2.40. The van der Waals surface area contributed by atoms with Crippen molar-refractivity contribution in [2.24, 2.45) is 0 Å². The monoisotopic (exact) mass is 295 g/mol. The van der Waals surface area contributed by atoms with E-state index in [1.54, 1.807) is 24.3 Å². The molecule has 2 rings (SSSR count). The van der Waals surface area contributed by atoms with E-state index >= 15 is 0 Å². The van der Waals surface area contributed by atoms with Gasteiger partial charge in [-0.25, -0.2) is 4.79 Å². The molecule has 5 heteroatoms. The molecule has 0 spiro atoms. The summed E-state index contributed by atoms with van der Waals surface area (Å²) in [5.74, 6) is 0. The van der Waals surface area contributed by atoms with Crippen LogP contribution in [0.4, 0.5) is 10.5 Å². The Labute approximate surface area is 125 Å². The van der Waals surface area contributed by atoms with Crippen molar-refractivity contribution in [3.63, 3.8) is 0 Å². The Kier molecular flexibility index (Phi) is 6.15. The fraction of sp³-hybridized carbons (Fsp3) is 0.533. The number of anilines is 1. The molecule has 0 atom stereocenters. The lowest BCUT2D eigenvalue weighted by Gasteiger charge is -2.26. The van der Waals surface area contributed by atoms with E-state index in [4.69, 9.17) is 11.6 Å². The Morgan fingerprint density at radius 2 is 1.85 bits per heavy atom. The van der Waals surface area contributed by atoms with Crippen molar-refractivity contribution >= 4 is 23.3 Å². The molecule has 0 radical (unpaired) electrons. The van der Waals surface area contributed by atoms with Crippen molar-refractivity contribution < 1.29 is 4.79 Å². The first kappa shape index (κ1) is 15.1. The van der Waals surface area contributed by atoms with E-state index in [9.17, 15) is 4.79 Å². The summed E-state index contributed by atoms with van der Waals surface area (Å²) in [5, 5.41) is 6.33. The number of carbonyl (C=O) groups is 1. The number of amides is 2. The molecular formula is C15H22ClN3O. The van der Waals surface area contributed by atoms with Crippen LogP contribution in [0, 0.1) is 0 Å². The van der Waals surface area contributed by atoms with Gasteiger partial charge in [0.1, 0.15) is 0 Å². The molecule has 110 valence electrons. The SMILES string of the molecule is O=C(NCCCN1CCCCC1)Nc1ccc(Cl)cc1. The van der Waals surface area contributed by atoms with Crippen LogP contribution in [0.25, 0.3) is 0 Å². The van der Waals surface area contributed by atoms with Gasteiger partial charge >= 0.3 is 6.03 Å². The van der Waals surface area contributed by atoms with Gasteiger partial charge in [0.15, 0.2) is 0 Å². The summed E-state index contributed by atoms with van der Waals surface area (Å²) in [5.41, 5.74) is 0.753. The van der Waals surface area contributed by atoms with Crippen LogP contribution in [0.2, 0.25) is 5.02 Å². The molecule has 1 aromatic carbocycles. The number of nitrogens with one attached hydrogen (secondary N) is 2. The average molecular weight is 296 g/mol. The Morgan fingerprint density at radius 3 is 2.55 bits per heavy atom. The molecule has 0 unspecified atom stereocenters. The Bertz CT molecular complexity index is 416. The second-order valence-corrected chi connectivity index (χ2v) is 5.58. The first-order chi connectivity index (χ1) is 9.74. The summed E-state index contributed by atoms with van der Waals surface area (Å²) in [6, 6.07) is 6.93. The number of carbonyl (C=O) groups excluding carboxylic acids is 1. The molecule has 1 aromatic rings. The van der Waals surface area contributed by atoms with Gasteiger partial charge in [0.2, 0.25) is 0 Å². The highest BCUT2D eigenvalue weighted by Gasteiger charge is 2.09. The van der Waals surface area contributed by atoms with Crippen LogP contribution in [-0.4, -0.2) is 37.1 Å². The van der Waals surface area contributed by atoms with Crippen LogP contribution < -0.4 is 10.6 Å². The second-order valence-electron chi connectivity index (χ2n) is 5.14. The number of likely N-dealkylation sites (tertiary alicyclic amines) is 1. The van der Waals surface area contributed by atoms with Gasteiger partial charge in [0.25, 0.3) is 0 Å². The van der Waals surface area contributed by atoms with E-state index in [2.05, 4.69) is 15.5 Å². The van der Waals surface area contributed by atoms with E-state index in [0.717, 1.165) is 18.7 Å². The maximum atomic E-state index is 11.7. The molecule has 1 heterocycles. The smallest absolute Gasteiger partial charge is 0.319 e. The zero-order valence-corrected chi connectivity index (χ0v) is 12.5. The zero-order valence-electron chi connectivity index (χ0n) is 11.7. The van der Waals surface area contributed by atoms with Crippen LogP contribution in [0.5, 0.6) is 0 Å². The van der Waals surface area contributed by atoms with Crippen LogP contribution in [-0.2, 0) is 0 Å². The molecule has 4 nitrogen and oxygen atoms in total. The highest BCUT2D eigenvalue weighted by atomic mass is 35.5. The average Bonchev–Trinajstić information content (AvgIpc) is 2.47. The normalized spacial score (nSPS) is 15.8. The van der Waals surface area contributed by atoms with Gasteiger partial charge in [0, 0.05) is 17.3 Å². The molecule has 0 saturated carbocycles. The molecule has 2 N–H and O–H groups in total. The Balaban J connectivity index is 1.59. The minimum absolute atomic E-state index is 0.161. The highest BCUT2D eigenvalue weighted by Crippen LogP contribution is 2.13. The van der Waals surface area contributed by atoms with E-state index in [0.29, 0.717) is 11.6 Å². The quantitative estimate of drug-likeness (QED) is 0.818. The maximum Gasteiger partial charge on any atom is 0.319 e. The second kappa shape index (κ2) is 8.12. The summed E-state index contributed by atoms with van der Waals surface area (Å²) >= 11 is 5.79. The predicted octanol–water partition coefficient (Wildman–Crippen LogP) is 3.34. The van der Waals surface area contributed by atoms with E-state index in [1.165, 1.54) is 32.4 Å². The molecule has 0 aromatic heterocycles. The minimum atomic E-state index is -0.161. The van der Waals surface area contributed by atoms with Crippen LogP contribution in [0.3, 0.4) is 0 Å². The third-order valence-corrected chi connectivity index (χ3v) is 3.74. The number of hydrogen-bond acceptors (Lipinski definition) is 2. The van der Waals surface area contributed by atoms with Gasteiger partial charge < -0.3 is 15.5 Å². The van der Waals surface area contributed by atoms with Crippen molar-refractivity contribution in [2.45, 2.75) is 25.7 Å². The van der Waals surface area contributed by atoms with Crippen molar-refractivity contribution in [1.82, 2.24) is 10.2 Å². The topological polar surface area (TPSA) is 44.4 Å². The number of piperidine rings is 1. The van der Waals surface area contributed by atoms with Gasteiger partial charge in [-0.3, -0.25) is 0 Å². The minimum Gasteiger partial charge on any atom is -0.338 e. The van der Waals surface area contributed by atoms with Crippen molar-refractivity contribution in [3.8, 4) is 0 Å². The number of benzene rings is 1. The molecule has 1 aliphatic heterocycles. The maximum absolute atomic E-state index is 11.7. The number of hydrogen-bond donors (Lipinski definition) is 2. The van der Waals surface area contributed by atoms with Crippen molar-refractivity contribution in [2.75, 3.05) is 31.5 Å². The molecule has 1 saturated heterocycles. The molecule has 1 aliphatic rings. The van der Waals surface area contributed by atoms with E-state index < -0.39 is 0 Å². The molecule has 0 bridgehead atoms. The third-order valence-electron chi connectivity index (χ3n) is 3.49. The molecule has 1 fully saturated rings. The molecule has 0 aliphatic carbocycles. The Hall–Kier alpha value is -1.26. The summed E-state index contributed by atoms with van der Waals surface area (Å²) < 4.78 is 0.